The van der Waals surface area contributed by atoms with E-state index in [1.165, 1.54) is 11.6 Å². The molecule has 2 aliphatic rings. The number of hydrogen-bond acceptors (Lipinski definition) is 4. The number of carbonyl (C=O) groups is 1. The van der Waals surface area contributed by atoms with Gasteiger partial charge in [0.05, 0.1) is 20.8 Å². The lowest BCUT2D eigenvalue weighted by Gasteiger charge is -2.35. The number of fused-ring (bicyclic) bond motifs is 1. The number of likely N-dealkylation sites (tertiary alicyclic amines) is 1. The summed E-state index contributed by atoms with van der Waals surface area (Å²) in [5.41, 5.74) is 3.42. The van der Waals surface area contributed by atoms with Gasteiger partial charge in [-0.05, 0) is 85.6 Å². The van der Waals surface area contributed by atoms with Crippen molar-refractivity contribution in [3.63, 3.8) is 0 Å². The maximum absolute atomic E-state index is 13.4. The number of ether oxygens (including phenoxy) is 2. The van der Waals surface area contributed by atoms with Gasteiger partial charge in [-0.25, -0.2) is 4.39 Å². The molecule has 1 saturated heterocycles. The predicted octanol–water partition coefficient (Wildman–Crippen LogP) is 3.68. The summed E-state index contributed by atoms with van der Waals surface area (Å²) >= 11 is 0. The van der Waals surface area contributed by atoms with E-state index >= 15 is 0 Å². The molecule has 31 heavy (non-hydrogen) atoms. The minimum atomic E-state index is -0.167. The van der Waals surface area contributed by atoms with Crippen LogP contribution in [0.1, 0.15) is 29.5 Å². The second kappa shape index (κ2) is 9.69. The van der Waals surface area contributed by atoms with Gasteiger partial charge in [0.1, 0.15) is 5.82 Å². The fourth-order valence-electron chi connectivity index (χ4n) is 4.73. The second-order valence-electron chi connectivity index (χ2n) is 8.59. The number of amides is 1. The van der Waals surface area contributed by atoms with Crippen LogP contribution in [0.25, 0.3) is 0 Å². The Bertz CT molecular complexity index is 925. The molecule has 0 aromatic heterocycles. The van der Waals surface area contributed by atoms with E-state index in [1.807, 2.05) is 23.1 Å². The first-order valence-corrected chi connectivity index (χ1v) is 11.0. The fraction of sp³-hybridized carbons (Fsp3) is 0.480. The van der Waals surface area contributed by atoms with Crippen molar-refractivity contribution in [2.75, 3.05) is 40.4 Å². The first kappa shape index (κ1) is 21.6. The number of methoxy groups -OCH3 is 2. The quantitative estimate of drug-likeness (QED) is 0.707. The first-order chi connectivity index (χ1) is 15.1. The van der Waals surface area contributed by atoms with Gasteiger partial charge in [0.15, 0.2) is 11.5 Å². The molecule has 0 saturated carbocycles. The Morgan fingerprint density at radius 3 is 2.42 bits per heavy atom. The number of piperidine rings is 1. The number of rotatable bonds is 6. The molecule has 166 valence electrons. The van der Waals surface area contributed by atoms with Gasteiger partial charge in [-0.1, -0.05) is 12.1 Å². The molecule has 0 spiro atoms. The molecule has 4 rings (SSSR count). The average molecular weight is 427 g/mol. The summed E-state index contributed by atoms with van der Waals surface area (Å²) in [7, 11) is 3.28. The number of nitrogens with zero attached hydrogens (tertiary/aromatic N) is 2. The van der Waals surface area contributed by atoms with E-state index in [1.54, 1.807) is 26.4 Å². The number of hydrogen-bond donors (Lipinski definition) is 0. The molecule has 0 bridgehead atoms. The molecular weight excluding hydrogens is 395 g/mol. The largest absolute Gasteiger partial charge is 0.493 e. The van der Waals surface area contributed by atoms with Crippen molar-refractivity contribution >= 4 is 5.91 Å². The van der Waals surface area contributed by atoms with E-state index in [4.69, 9.17) is 9.47 Å². The summed E-state index contributed by atoms with van der Waals surface area (Å²) in [6.45, 7) is 3.65. The van der Waals surface area contributed by atoms with E-state index in [0.29, 0.717) is 24.8 Å². The van der Waals surface area contributed by atoms with Crippen LogP contribution >= 0.6 is 0 Å². The lowest BCUT2D eigenvalue weighted by molar-refractivity contribution is -0.133. The second-order valence-corrected chi connectivity index (χ2v) is 8.59. The summed E-state index contributed by atoms with van der Waals surface area (Å²) in [6, 6.07) is 10.9. The third-order valence-electron chi connectivity index (χ3n) is 6.55. The van der Waals surface area contributed by atoms with Gasteiger partial charge in [-0.2, -0.15) is 0 Å². The average Bonchev–Trinajstić information content (AvgIpc) is 2.79. The third-order valence-corrected chi connectivity index (χ3v) is 6.55. The highest BCUT2D eigenvalue weighted by Gasteiger charge is 2.26. The highest BCUT2D eigenvalue weighted by molar-refractivity contribution is 5.78. The number of halogens is 1. The minimum Gasteiger partial charge on any atom is -0.493 e. The van der Waals surface area contributed by atoms with Crippen LogP contribution in [-0.2, 0) is 24.2 Å². The molecule has 0 N–H and O–H groups in total. The zero-order valence-electron chi connectivity index (χ0n) is 18.4. The molecule has 5 nitrogen and oxygen atoms in total. The number of benzene rings is 2. The summed E-state index contributed by atoms with van der Waals surface area (Å²) in [6.07, 6.45) is 3.83. The zero-order valence-corrected chi connectivity index (χ0v) is 18.4. The van der Waals surface area contributed by atoms with E-state index < -0.39 is 0 Å². The van der Waals surface area contributed by atoms with Gasteiger partial charge in [-0.15, -0.1) is 0 Å². The maximum atomic E-state index is 13.4. The van der Waals surface area contributed by atoms with Crippen LogP contribution in [0.5, 0.6) is 11.5 Å². The molecule has 0 atom stereocenters. The first-order valence-electron chi connectivity index (χ1n) is 11.0. The summed E-state index contributed by atoms with van der Waals surface area (Å²) < 4.78 is 24.2. The molecule has 2 heterocycles. The Morgan fingerprint density at radius 2 is 1.74 bits per heavy atom. The normalized spacial score (nSPS) is 17.3. The van der Waals surface area contributed by atoms with E-state index in [9.17, 15) is 9.18 Å². The SMILES string of the molecule is COc1cc2c(cc1OC)CN(C(=O)CN1CCC(Cc3cccc(F)c3)CC1)CC2. The molecule has 6 heteroatoms. The lowest BCUT2D eigenvalue weighted by atomic mass is 9.90. The van der Waals surface area contributed by atoms with Crippen LogP contribution in [0.2, 0.25) is 0 Å². The van der Waals surface area contributed by atoms with Crippen LogP contribution in [0.4, 0.5) is 4.39 Å². The summed E-state index contributed by atoms with van der Waals surface area (Å²) in [5, 5.41) is 0. The Kier molecular flexibility index (Phi) is 6.76. The van der Waals surface area contributed by atoms with E-state index in [0.717, 1.165) is 62.2 Å². The number of carbonyl (C=O) groups excluding carboxylic acids is 1. The van der Waals surface area contributed by atoms with Crippen molar-refractivity contribution < 1.29 is 18.7 Å². The van der Waals surface area contributed by atoms with Crippen molar-refractivity contribution in [3.05, 3.63) is 58.9 Å². The zero-order chi connectivity index (χ0) is 21.8. The molecule has 2 aliphatic heterocycles. The van der Waals surface area contributed by atoms with Crippen molar-refractivity contribution in [1.29, 1.82) is 0 Å². The predicted molar refractivity (Wildman–Crippen MR) is 118 cm³/mol. The van der Waals surface area contributed by atoms with Crippen molar-refractivity contribution in [3.8, 4) is 11.5 Å². The molecule has 2 aromatic rings. The van der Waals surface area contributed by atoms with Gasteiger partial charge in [0.2, 0.25) is 5.91 Å². The molecular formula is C25H31FN2O3. The highest BCUT2D eigenvalue weighted by atomic mass is 19.1. The fourth-order valence-corrected chi connectivity index (χ4v) is 4.73. The maximum Gasteiger partial charge on any atom is 0.237 e. The molecule has 1 fully saturated rings. The van der Waals surface area contributed by atoms with Gasteiger partial charge in [-0.3, -0.25) is 9.69 Å². The third kappa shape index (κ3) is 5.18. The van der Waals surface area contributed by atoms with Gasteiger partial charge in [0.25, 0.3) is 0 Å². The molecule has 0 unspecified atom stereocenters. The molecule has 2 aromatic carbocycles. The van der Waals surface area contributed by atoms with Crippen LogP contribution in [0, 0.1) is 11.7 Å². The Hall–Kier alpha value is -2.60. The van der Waals surface area contributed by atoms with Crippen molar-refractivity contribution in [1.82, 2.24) is 9.80 Å². The van der Waals surface area contributed by atoms with Crippen molar-refractivity contribution in [2.24, 2.45) is 5.92 Å². The highest BCUT2D eigenvalue weighted by Crippen LogP contribution is 2.33. The van der Waals surface area contributed by atoms with Gasteiger partial charge >= 0.3 is 0 Å². The lowest BCUT2D eigenvalue weighted by Crippen LogP contribution is -2.45. The molecule has 0 radical (unpaired) electrons. The van der Waals surface area contributed by atoms with E-state index in [2.05, 4.69) is 4.90 Å². The summed E-state index contributed by atoms with van der Waals surface area (Å²) in [4.78, 5) is 17.2. The monoisotopic (exact) mass is 426 g/mol. The molecule has 0 aliphatic carbocycles. The Balaban J connectivity index is 1.29. The van der Waals surface area contributed by atoms with E-state index in [-0.39, 0.29) is 11.7 Å². The Morgan fingerprint density at radius 1 is 1.03 bits per heavy atom. The van der Waals surface area contributed by atoms with Crippen LogP contribution in [0.15, 0.2) is 36.4 Å². The van der Waals surface area contributed by atoms with Gasteiger partial charge in [0, 0.05) is 13.1 Å². The standard InChI is InChI=1S/C25H31FN2O3/c1-30-23-14-20-8-11-28(16-21(20)15-24(23)31-2)25(29)17-27-9-6-18(7-10-27)12-19-4-3-5-22(26)13-19/h3-5,13-15,18H,6-12,16-17H2,1-2H3. The summed E-state index contributed by atoms with van der Waals surface area (Å²) in [5.74, 6) is 2.01. The topological polar surface area (TPSA) is 42.0 Å². The van der Waals surface area contributed by atoms with Crippen LogP contribution in [-0.4, -0.2) is 56.1 Å². The molecule has 1 amide bonds. The van der Waals surface area contributed by atoms with Gasteiger partial charge < -0.3 is 14.4 Å². The minimum absolute atomic E-state index is 0.167. The van der Waals surface area contributed by atoms with Crippen LogP contribution < -0.4 is 9.47 Å². The Labute approximate surface area is 183 Å². The smallest absolute Gasteiger partial charge is 0.237 e. The van der Waals surface area contributed by atoms with Crippen LogP contribution in [0.3, 0.4) is 0 Å². The van der Waals surface area contributed by atoms with Crippen molar-refractivity contribution in [2.45, 2.75) is 32.2 Å².